The molecule has 1 amide bonds. The van der Waals surface area contributed by atoms with Crippen LogP contribution in [-0.4, -0.2) is 29.0 Å². The van der Waals surface area contributed by atoms with Crippen LogP contribution in [-0.2, 0) is 4.79 Å². The molecule has 4 nitrogen and oxygen atoms in total. The molecule has 0 fully saturated rings. The predicted octanol–water partition coefficient (Wildman–Crippen LogP) is 0.611. The summed E-state index contributed by atoms with van der Waals surface area (Å²) in [6, 6.07) is 0. The lowest BCUT2D eigenvalue weighted by molar-refractivity contribution is -0.116. The van der Waals surface area contributed by atoms with Crippen LogP contribution >= 0.6 is 11.6 Å². The smallest absolute Gasteiger partial charge is 0.241 e. The Morgan fingerprint density at radius 2 is 2.64 bits per heavy atom. The molecule has 0 spiro atoms. The van der Waals surface area contributed by atoms with Gasteiger partial charge in [-0.3, -0.25) is 9.89 Å². The topological polar surface area (TPSA) is 49.0 Å². The van der Waals surface area contributed by atoms with Gasteiger partial charge in [-0.2, -0.15) is 5.10 Å². The molecular weight excluding hydrogens is 166 g/mol. The molecule has 1 rings (SSSR count). The summed E-state index contributed by atoms with van der Waals surface area (Å²) in [6.45, 7) is 0. The highest BCUT2D eigenvalue weighted by molar-refractivity contribution is 6.29. The number of alkyl halides is 1. The van der Waals surface area contributed by atoms with Crippen molar-refractivity contribution in [3.63, 3.8) is 0 Å². The minimum absolute atomic E-state index is 0.0122. The molecule has 0 aliphatic rings. The summed E-state index contributed by atoms with van der Waals surface area (Å²) in [5, 5.41) is 6.30. The summed E-state index contributed by atoms with van der Waals surface area (Å²) in [5.74, 6) is -0.158. The van der Waals surface area contributed by atoms with E-state index in [-0.39, 0.29) is 11.8 Å². The van der Waals surface area contributed by atoms with E-state index in [1.807, 2.05) is 0 Å². The SMILES string of the molecule is CN(C(=O)CCl)c1cn[nH]c1. The number of carbonyl (C=O) groups is 1. The Morgan fingerprint density at radius 1 is 1.91 bits per heavy atom. The van der Waals surface area contributed by atoms with E-state index in [0.717, 1.165) is 5.69 Å². The fourth-order valence-electron chi connectivity index (χ4n) is 0.661. The fraction of sp³-hybridized carbons (Fsp3) is 0.333. The van der Waals surface area contributed by atoms with Gasteiger partial charge in [-0.25, -0.2) is 0 Å². The summed E-state index contributed by atoms with van der Waals surface area (Å²) >= 11 is 5.34. The minimum atomic E-state index is -0.145. The van der Waals surface area contributed by atoms with E-state index in [9.17, 15) is 4.79 Å². The Balaban J connectivity index is 2.70. The van der Waals surface area contributed by atoms with Gasteiger partial charge in [0, 0.05) is 13.2 Å². The Morgan fingerprint density at radius 3 is 3.09 bits per heavy atom. The summed E-state index contributed by atoms with van der Waals surface area (Å²) in [6.07, 6.45) is 3.19. The number of carbonyl (C=O) groups excluding carboxylic acids is 1. The van der Waals surface area contributed by atoms with Gasteiger partial charge in [-0.1, -0.05) is 0 Å². The zero-order chi connectivity index (χ0) is 8.27. The molecule has 0 aliphatic carbocycles. The zero-order valence-corrected chi connectivity index (χ0v) is 6.80. The summed E-state index contributed by atoms with van der Waals surface area (Å²) in [4.78, 5) is 12.4. The van der Waals surface area contributed by atoms with Gasteiger partial charge >= 0.3 is 0 Å². The first-order valence-corrected chi connectivity index (χ1v) is 3.60. The number of nitrogens with zero attached hydrogens (tertiary/aromatic N) is 2. The maximum absolute atomic E-state index is 11.0. The first kappa shape index (κ1) is 8.07. The van der Waals surface area contributed by atoms with Crippen molar-refractivity contribution in [2.45, 2.75) is 0 Å². The number of nitrogens with one attached hydrogen (secondary N) is 1. The fourth-order valence-corrected chi connectivity index (χ4v) is 0.840. The minimum Gasteiger partial charge on any atom is -0.312 e. The number of rotatable bonds is 2. The Bertz CT molecular complexity index is 234. The van der Waals surface area contributed by atoms with E-state index < -0.39 is 0 Å². The van der Waals surface area contributed by atoms with Gasteiger partial charge < -0.3 is 4.90 Å². The maximum Gasteiger partial charge on any atom is 0.241 e. The first-order chi connectivity index (χ1) is 5.25. The van der Waals surface area contributed by atoms with Gasteiger partial charge in [0.15, 0.2) is 0 Å². The predicted molar refractivity (Wildman–Crippen MR) is 42.7 cm³/mol. The summed E-state index contributed by atoms with van der Waals surface area (Å²) in [7, 11) is 1.65. The molecule has 1 N–H and O–H groups in total. The van der Waals surface area contributed by atoms with E-state index in [1.165, 1.54) is 4.90 Å². The largest absolute Gasteiger partial charge is 0.312 e. The van der Waals surface area contributed by atoms with Gasteiger partial charge in [0.25, 0.3) is 0 Å². The molecule has 0 aromatic carbocycles. The van der Waals surface area contributed by atoms with E-state index in [4.69, 9.17) is 11.6 Å². The number of hydrogen-bond donors (Lipinski definition) is 1. The molecule has 1 aromatic rings. The second kappa shape index (κ2) is 3.39. The van der Waals surface area contributed by atoms with Crippen molar-refractivity contribution in [2.75, 3.05) is 17.8 Å². The molecule has 0 aliphatic heterocycles. The van der Waals surface area contributed by atoms with Crippen molar-refractivity contribution in [3.8, 4) is 0 Å². The molecule has 0 saturated heterocycles. The lowest BCUT2D eigenvalue weighted by Crippen LogP contribution is -2.26. The van der Waals surface area contributed by atoms with Crippen LogP contribution < -0.4 is 4.90 Å². The van der Waals surface area contributed by atoms with Crippen LogP contribution in [0.1, 0.15) is 0 Å². The number of aromatic amines is 1. The monoisotopic (exact) mass is 173 g/mol. The molecule has 60 valence electrons. The normalized spacial score (nSPS) is 9.64. The van der Waals surface area contributed by atoms with Crippen LogP contribution in [0.4, 0.5) is 5.69 Å². The molecule has 0 unspecified atom stereocenters. The molecule has 0 bridgehead atoms. The Hall–Kier alpha value is -1.03. The van der Waals surface area contributed by atoms with Crippen LogP contribution in [0.25, 0.3) is 0 Å². The van der Waals surface area contributed by atoms with Crippen LogP contribution in [0, 0.1) is 0 Å². The molecule has 0 radical (unpaired) electrons. The lowest BCUT2D eigenvalue weighted by atomic mass is 10.5. The van der Waals surface area contributed by atoms with Crippen molar-refractivity contribution >= 4 is 23.2 Å². The van der Waals surface area contributed by atoms with Crippen LogP contribution in [0.15, 0.2) is 12.4 Å². The third-order valence-corrected chi connectivity index (χ3v) is 1.59. The van der Waals surface area contributed by atoms with Crippen LogP contribution in [0.2, 0.25) is 0 Å². The van der Waals surface area contributed by atoms with Gasteiger partial charge in [-0.15, -0.1) is 11.6 Å². The summed E-state index contributed by atoms with van der Waals surface area (Å²) in [5.41, 5.74) is 0.718. The first-order valence-electron chi connectivity index (χ1n) is 3.07. The molecule has 11 heavy (non-hydrogen) atoms. The van der Waals surface area contributed by atoms with Crippen molar-refractivity contribution < 1.29 is 4.79 Å². The number of amides is 1. The van der Waals surface area contributed by atoms with E-state index in [2.05, 4.69) is 10.2 Å². The van der Waals surface area contributed by atoms with Crippen LogP contribution in [0.5, 0.6) is 0 Å². The lowest BCUT2D eigenvalue weighted by Gasteiger charge is -2.11. The average Bonchev–Trinajstić information content (AvgIpc) is 2.53. The van der Waals surface area contributed by atoms with Gasteiger partial charge in [0.2, 0.25) is 5.91 Å². The molecule has 0 atom stereocenters. The molecule has 0 saturated carbocycles. The van der Waals surface area contributed by atoms with E-state index in [1.54, 1.807) is 19.4 Å². The van der Waals surface area contributed by atoms with Crippen molar-refractivity contribution in [1.82, 2.24) is 10.2 Å². The zero-order valence-electron chi connectivity index (χ0n) is 6.04. The second-order valence-corrected chi connectivity index (χ2v) is 2.31. The number of aromatic nitrogens is 2. The Kier molecular flexibility index (Phi) is 2.48. The molecule has 5 heteroatoms. The highest BCUT2D eigenvalue weighted by Gasteiger charge is 2.08. The maximum atomic E-state index is 11.0. The van der Waals surface area contributed by atoms with E-state index in [0.29, 0.717) is 0 Å². The second-order valence-electron chi connectivity index (χ2n) is 2.04. The van der Waals surface area contributed by atoms with Crippen LogP contribution in [0.3, 0.4) is 0 Å². The Labute approximate surface area is 69.1 Å². The number of H-pyrrole nitrogens is 1. The van der Waals surface area contributed by atoms with Gasteiger partial charge in [-0.05, 0) is 0 Å². The van der Waals surface area contributed by atoms with Gasteiger partial charge in [0.05, 0.1) is 11.9 Å². The average molecular weight is 174 g/mol. The standard InChI is InChI=1S/C6H8ClN3O/c1-10(6(11)2-7)5-3-8-9-4-5/h3-4H,2H2,1H3,(H,8,9). The third kappa shape index (κ3) is 1.71. The number of hydrogen-bond acceptors (Lipinski definition) is 2. The number of anilines is 1. The highest BCUT2D eigenvalue weighted by atomic mass is 35.5. The van der Waals surface area contributed by atoms with E-state index >= 15 is 0 Å². The highest BCUT2D eigenvalue weighted by Crippen LogP contribution is 2.08. The molecular formula is C6H8ClN3O. The molecule has 1 aromatic heterocycles. The van der Waals surface area contributed by atoms with Crippen molar-refractivity contribution in [3.05, 3.63) is 12.4 Å². The number of halogens is 1. The third-order valence-electron chi connectivity index (χ3n) is 1.36. The quantitative estimate of drug-likeness (QED) is 0.667. The molecule has 1 heterocycles. The van der Waals surface area contributed by atoms with Gasteiger partial charge in [0.1, 0.15) is 5.88 Å². The summed E-state index contributed by atoms with van der Waals surface area (Å²) < 4.78 is 0. The van der Waals surface area contributed by atoms with Crippen molar-refractivity contribution in [2.24, 2.45) is 0 Å². The van der Waals surface area contributed by atoms with Crippen molar-refractivity contribution in [1.29, 1.82) is 0 Å².